The highest BCUT2D eigenvalue weighted by Gasteiger charge is 2.46. The van der Waals surface area contributed by atoms with Crippen LogP contribution in [0.1, 0.15) is 45.2 Å². The number of oxime groups is 1. The van der Waals surface area contributed by atoms with E-state index < -0.39 is 0 Å². The van der Waals surface area contributed by atoms with Crippen LogP contribution in [0.15, 0.2) is 35.7 Å². The number of aromatic nitrogens is 3. The van der Waals surface area contributed by atoms with Crippen molar-refractivity contribution < 1.29 is 9.57 Å². The van der Waals surface area contributed by atoms with Crippen LogP contribution in [-0.2, 0) is 22.7 Å². The molecule has 0 amide bonds. The zero-order chi connectivity index (χ0) is 19.8. The summed E-state index contributed by atoms with van der Waals surface area (Å²) in [4.78, 5) is 17.8. The lowest BCUT2D eigenvalue weighted by Crippen LogP contribution is -2.47. The zero-order valence-electron chi connectivity index (χ0n) is 17.1. The van der Waals surface area contributed by atoms with Crippen molar-refractivity contribution in [3.05, 3.63) is 36.3 Å². The molecule has 0 saturated heterocycles. The molecule has 1 saturated carbocycles. The Kier molecular flexibility index (Phi) is 4.62. The average Bonchev–Trinajstić information content (AvgIpc) is 3.46. The van der Waals surface area contributed by atoms with Crippen LogP contribution in [0.2, 0.25) is 0 Å². The van der Waals surface area contributed by atoms with Crippen LogP contribution < -0.4 is 0 Å². The molecule has 0 N–H and O–H groups in total. The Bertz CT molecular complexity index is 1070. The van der Waals surface area contributed by atoms with Crippen LogP contribution in [0, 0.1) is 0 Å². The van der Waals surface area contributed by atoms with Crippen LogP contribution in [0.5, 0.6) is 0 Å². The minimum atomic E-state index is -0.232. The number of rotatable bonds is 6. The van der Waals surface area contributed by atoms with Gasteiger partial charge in [-0.15, -0.1) is 0 Å². The number of imidazole rings is 1. The molecular weight excluding hydrogens is 366 g/mol. The fraction of sp³-hybridized carbons (Fsp3) is 0.500. The quantitative estimate of drug-likeness (QED) is 0.632. The second-order valence-corrected chi connectivity index (χ2v) is 7.88. The first-order chi connectivity index (χ1) is 14.2. The number of para-hydroxylation sites is 1. The van der Waals surface area contributed by atoms with Crippen molar-refractivity contribution in [1.29, 1.82) is 0 Å². The smallest absolute Gasteiger partial charge is 0.211 e. The third kappa shape index (κ3) is 3.04. The molecule has 0 atom stereocenters. The maximum absolute atomic E-state index is 5.88. The number of benzene rings is 1. The Labute approximate surface area is 170 Å². The van der Waals surface area contributed by atoms with Gasteiger partial charge in [-0.3, -0.25) is 0 Å². The van der Waals surface area contributed by atoms with Crippen molar-refractivity contribution in [2.24, 2.45) is 5.16 Å². The minimum Gasteiger partial charge on any atom is -0.375 e. The molecule has 3 heterocycles. The Balaban J connectivity index is 1.50. The van der Waals surface area contributed by atoms with Gasteiger partial charge in [0.15, 0.2) is 0 Å². The largest absolute Gasteiger partial charge is 0.375 e. The Hall–Kier alpha value is -2.67. The Morgan fingerprint density at radius 3 is 2.83 bits per heavy atom. The van der Waals surface area contributed by atoms with Gasteiger partial charge in [0.1, 0.15) is 11.4 Å². The summed E-state index contributed by atoms with van der Waals surface area (Å²) >= 11 is 0. The van der Waals surface area contributed by atoms with E-state index in [1.807, 2.05) is 26.2 Å². The molecule has 7 heteroatoms. The summed E-state index contributed by atoms with van der Waals surface area (Å²) in [6, 6.07) is 8.26. The van der Waals surface area contributed by atoms with Crippen molar-refractivity contribution in [2.45, 2.75) is 58.4 Å². The highest BCUT2D eigenvalue weighted by Crippen LogP contribution is 2.40. The summed E-state index contributed by atoms with van der Waals surface area (Å²) in [6.07, 6.45) is 6.42. The summed E-state index contributed by atoms with van der Waals surface area (Å²) in [5, 5.41) is 5.43. The standard InChI is InChI=1S/C22H27N5O2/c1-3-28-14-19-20-21(17-8-4-5-9-18(17)24-19)26(15-23-20)12-13-27-16(2)25-29-22(27)10-6-7-11-22/h4-5,8-9,15H,3,6-7,10-14H2,1-2H3. The normalized spacial score (nSPS) is 18.1. The number of pyridine rings is 1. The van der Waals surface area contributed by atoms with Gasteiger partial charge in [-0.1, -0.05) is 23.4 Å². The molecule has 0 bridgehead atoms. The van der Waals surface area contributed by atoms with Crippen molar-refractivity contribution in [1.82, 2.24) is 19.4 Å². The van der Waals surface area contributed by atoms with Crippen molar-refractivity contribution >= 4 is 27.8 Å². The first-order valence-corrected chi connectivity index (χ1v) is 10.5. The summed E-state index contributed by atoms with van der Waals surface area (Å²) in [6.45, 7) is 6.83. The molecule has 1 spiro atoms. The number of amidine groups is 1. The van der Waals surface area contributed by atoms with Gasteiger partial charge in [-0.25, -0.2) is 9.97 Å². The van der Waals surface area contributed by atoms with Gasteiger partial charge in [0, 0.05) is 37.9 Å². The summed E-state index contributed by atoms with van der Waals surface area (Å²) in [7, 11) is 0. The van der Waals surface area contributed by atoms with E-state index in [0.717, 1.165) is 59.4 Å². The van der Waals surface area contributed by atoms with E-state index in [1.54, 1.807) is 0 Å². The van der Waals surface area contributed by atoms with Crippen molar-refractivity contribution in [3.63, 3.8) is 0 Å². The predicted molar refractivity (Wildman–Crippen MR) is 112 cm³/mol. The molecule has 2 aromatic heterocycles. The molecule has 0 unspecified atom stereocenters. The van der Waals surface area contributed by atoms with E-state index in [4.69, 9.17) is 19.5 Å². The molecule has 7 nitrogen and oxygen atoms in total. The predicted octanol–water partition coefficient (Wildman–Crippen LogP) is 4.06. The van der Waals surface area contributed by atoms with Gasteiger partial charge < -0.3 is 19.0 Å². The minimum absolute atomic E-state index is 0.232. The summed E-state index contributed by atoms with van der Waals surface area (Å²) in [5.74, 6) is 0.972. The fourth-order valence-electron chi connectivity index (χ4n) is 4.72. The third-order valence-electron chi connectivity index (χ3n) is 6.15. The Morgan fingerprint density at radius 2 is 2.00 bits per heavy atom. The highest BCUT2D eigenvalue weighted by atomic mass is 16.7. The molecule has 5 rings (SSSR count). The Morgan fingerprint density at radius 1 is 1.17 bits per heavy atom. The van der Waals surface area contributed by atoms with Gasteiger partial charge in [0.05, 0.1) is 29.7 Å². The molecule has 1 aromatic carbocycles. The van der Waals surface area contributed by atoms with E-state index in [9.17, 15) is 0 Å². The molecule has 29 heavy (non-hydrogen) atoms. The van der Waals surface area contributed by atoms with Crippen LogP contribution in [-0.4, -0.2) is 44.1 Å². The number of hydrogen-bond acceptors (Lipinski definition) is 6. The van der Waals surface area contributed by atoms with E-state index in [1.165, 1.54) is 12.8 Å². The van der Waals surface area contributed by atoms with Crippen LogP contribution in [0.3, 0.4) is 0 Å². The van der Waals surface area contributed by atoms with Crippen LogP contribution in [0.25, 0.3) is 21.9 Å². The summed E-state index contributed by atoms with van der Waals surface area (Å²) < 4.78 is 7.89. The van der Waals surface area contributed by atoms with E-state index in [2.05, 4.69) is 32.8 Å². The molecular formula is C22H27N5O2. The molecule has 3 aromatic rings. The lowest BCUT2D eigenvalue weighted by Gasteiger charge is -2.33. The lowest BCUT2D eigenvalue weighted by molar-refractivity contribution is -0.0935. The number of nitrogens with zero attached hydrogens (tertiary/aromatic N) is 5. The van der Waals surface area contributed by atoms with Gasteiger partial charge in [-0.05, 0) is 32.8 Å². The molecule has 2 aliphatic rings. The third-order valence-corrected chi connectivity index (χ3v) is 6.15. The second kappa shape index (κ2) is 7.30. The van der Waals surface area contributed by atoms with Crippen LogP contribution in [0.4, 0.5) is 0 Å². The number of fused-ring (bicyclic) bond motifs is 3. The molecule has 0 radical (unpaired) electrons. The average molecular weight is 393 g/mol. The van der Waals surface area contributed by atoms with E-state index in [-0.39, 0.29) is 5.72 Å². The first-order valence-electron chi connectivity index (χ1n) is 10.5. The lowest BCUT2D eigenvalue weighted by atomic mass is 10.1. The molecule has 1 aliphatic carbocycles. The maximum Gasteiger partial charge on any atom is 0.211 e. The SMILES string of the molecule is CCOCc1nc2ccccc2c2c1ncn2CCN1C(C)=NOC12CCCC2. The van der Waals surface area contributed by atoms with Gasteiger partial charge in [0.25, 0.3) is 0 Å². The highest BCUT2D eigenvalue weighted by molar-refractivity contribution is 6.03. The van der Waals surface area contributed by atoms with E-state index in [0.29, 0.717) is 13.2 Å². The van der Waals surface area contributed by atoms with E-state index >= 15 is 0 Å². The first kappa shape index (κ1) is 18.4. The summed E-state index contributed by atoms with van der Waals surface area (Å²) in [5.41, 5.74) is 3.69. The molecule has 1 fully saturated rings. The maximum atomic E-state index is 5.88. The molecule has 1 aliphatic heterocycles. The van der Waals surface area contributed by atoms with Gasteiger partial charge in [0.2, 0.25) is 5.72 Å². The van der Waals surface area contributed by atoms with Gasteiger partial charge >= 0.3 is 0 Å². The fourth-order valence-corrected chi connectivity index (χ4v) is 4.72. The van der Waals surface area contributed by atoms with Crippen molar-refractivity contribution in [2.75, 3.05) is 13.2 Å². The van der Waals surface area contributed by atoms with Crippen LogP contribution >= 0.6 is 0 Å². The monoisotopic (exact) mass is 393 g/mol. The van der Waals surface area contributed by atoms with Gasteiger partial charge in [-0.2, -0.15) is 0 Å². The second-order valence-electron chi connectivity index (χ2n) is 7.88. The number of ether oxygens (including phenoxy) is 1. The number of hydrogen-bond donors (Lipinski definition) is 0. The zero-order valence-corrected chi connectivity index (χ0v) is 17.1. The molecule has 152 valence electrons. The topological polar surface area (TPSA) is 64.8 Å². The van der Waals surface area contributed by atoms with Crippen molar-refractivity contribution in [3.8, 4) is 0 Å².